The first-order chi connectivity index (χ1) is 50.2. The molecule has 1 aliphatic rings. The maximum absolute atomic E-state index is 13.9. The van der Waals surface area contributed by atoms with Crippen LogP contribution in [0.4, 0.5) is 0 Å². The molecule has 0 aromatic heterocycles. The van der Waals surface area contributed by atoms with Gasteiger partial charge in [0.05, 0.1) is 37.9 Å². The largest absolute Gasteiger partial charge is 0.508 e. The number of aliphatic hydroxyl groups is 2. The zero-order valence-corrected chi connectivity index (χ0v) is 63.5. The number of aliphatic carboxylic acids is 2. The van der Waals surface area contributed by atoms with E-state index in [2.05, 4.69) is 141 Å². The average Bonchev–Trinajstić information content (AvgIpc) is 1.52. The maximum atomic E-state index is 13.9. The SMILES string of the molecule is CC[C@H](C)[C@H](NC(=O)[C@H](CCC(=O)O)NC(=O)[C@H](CS)NC(=O)[C@@H](NC(=O)CNC(=O)[C@@H]1CCCN1)[C@@H](C)O)C(=O)NCC(=O)N[C@@H](CS)C(=O)N[C@@H](C)C(=O)N[C@@H](Cc1ccc(O)cc1)C(=O)N[C@@H](C)C(=O)N[C@@H](C)C(=O)N[C@@H](CS)C(=O)N[C@H](C(=O)NCC(=O)N[C@@H](C)C(=O)N[C@@H](CS)C(=O)O)[C@@H](C)O. The van der Waals surface area contributed by atoms with Crippen LogP contribution in [0, 0.1) is 5.92 Å². The third kappa shape index (κ3) is 33.2. The second-order valence-corrected chi connectivity index (χ2v) is 26.4. The van der Waals surface area contributed by atoms with Gasteiger partial charge in [-0.15, -0.1) is 0 Å². The lowest BCUT2D eigenvalue weighted by Gasteiger charge is -2.28. The van der Waals surface area contributed by atoms with Crippen LogP contribution in [0.1, 0.15) is 93.1 Å². The van der Waals surface area contributed by atoms with Crippen molar-refractivity contribution >= 4 is 157 Å². The third-order valence-electron chi connectivity index (χ3n) is 16.2. The predicted molar refractivity (Wildman–Crippen MR) is 392 cm³/mol. The van der Waals surface area contributed by atoms with E-state index in [4.69, 9.17) is 5.11 Å². The van der Waals surface area contributed by atoms with Crippen LogP contribution in [0.2, 0.25) is 0 Å². The lowest BCUT2D eigenvalue weighted by Crippen LogP contribution is -2.61. The highest BCUT2D eigenvalue weighted by Crippen LogP contribution is 2.14. The minimum Gasteiger partial charge on any atom is -0.508 e. The van der Waals surface area contributed by atoms with Gasteiger partial charge in [0, 0.05) is 35.9 Å². The van der Waals surface area contributed by atoms with Gasteiger partial charge in [-0.3, -0.25) is 81.5 Å². The van der Waals surface area contributed by atoms with Crippen LogP contribution < -0.4 is 90.4 Å². The fourth-order valence-electron chi connectivity index (χ4n) is 9.57. The molecule has 17 atom stereocenters. The van der Waals surface area contributed by atoms with Crippen molar-refractivity contribution in [2.75, 3.05) is 49.2 Å². The highest BCUT2D eigenvalue weighted by atomic mass is 32.1. The zero-order valence-electron chi connectivity index (χ0n) is 59.9. The number of benzene rings is 1. The number of hydrogen-bond acceptors (Lipinski definition) is 26. The fraction of sp³-hybridized carbons (Fsp3) is 0.619. The normalized spacial score (nSPS) is 16.9. The smallest absolute Gasteiger partial charge is 0.327 e. The standard InChI is InChI=1S/C63H99N17O23S4/c1-9-27(2)47(79-55(94)37(16-17-46(87)88)73-58(97)40(24-105)76-62(101)49(33(8)82)78-45(86)22-65-54(93)36-11-10-18-64-36)60(99)66-21-44(85)72-39(23-104)57(96)71-31(6)52(91)74-38(19-34-12-14-35(83)15-13-34)56(95)70-29(4)50(89)69-30(5)53(92)75-41(25-106)59(98)80-48(32(7)81)61(100)67-20-43(84)68-28(3)51(90)77-42(26-107)63(102)103/h12-15,27-33,36-42,47-49,64,81-83,104-107H,9-11,16-26H2,1-8H3,(H,65,93)(H,66,99)(H,67,100)(H,68,84)(H,69,89)(H,70,95)(H,71,96)(H,72,85)(H,73,97)(H,74,91)(H,75,92)(H,76,101)(H,77,90)(H,78,86)(H,79,94)(H,80,98)(H,87,88)(H,102,103)/t27-,28-,29-,30-,31-,32+,33+,36-,37-,38-,39-,40-,41-,42-,47-,48-,49-/m0/s1. The van der Waals surface area contributed by atoms with Crippen LogP contribution >= 0.6 is 50.5 Å². The fourth-order valence-corrected chi connectivity index (χ4v) is 10.6. The zero-order chi connectivity index (χ0) is 81.1. The van der Waals surface area contributed by atoms with Crippen molar-refractivity contribution in [1.82, 2.24) is 90.4 Å². The molecule has 16 amide bonds. The Bertz CT molecular complexity index is 3320. The molecule has 1 aliphatic heterocycles. The van der Waals surface area contributed by atoms with E-state index in [1.807, 2.05) is 0 Å². The molecular weight excluding hydrogens is 1490 g/mol. The number of aliphatic hydroxyl groups excluding tert-OH is 2. The van der Waals surface area contributed by atoms with E-state index in [-0.39, 0.29) is 30.1 Å². The molecule has 0 saturated carbocycles. The van der Waals surface area contributed by atoms with Gasteiger partial charge in [-0.05, 0) is 91.0 Å². The molecule has 107 heavy (non-hydrogen) atoms. The van der Waals surface area contributed by atoms with Gasteiger partial charge in [-0.2, -0.15) is 50.5 Å². The third-order valence-corrected chi connectivity index (χ3v) is 17.6. The topological polar surface area (TPSA) is 613 Å². The molecule has 1 aromatic rings. The van der Waals surface area contributed by atoms with Crippen LogP contribution in [0.3, 0.4) is 0 Å². The van der Waals surface area contributed by atoms with Crippen molar-refractivity contribution in [2.24, 2.45) is 5.92 Å². The summed E-state index contributed by atoms with van der Waals surface area (Å²) in [6, 6.07) is -14.6. The van der Waals surface area contributed by atoms with Crippen LogP contribution in [0.15, 0.2) is 24.3 Å². The first kappa shape index (κ1) is 93.8. The molecule has 598 valence electrons. The van der Waals surface area contributed by atoms with E-state index < -0.39 is 253 Å². The summed E-state index contributed by atoms with van der Waals surface area (Å²) >= 11 is 16.2. The van der Waals surface area contributed by atoms with Gasteiger partial charge in [0.1, 0.15) is 84.3 Å². The molecule has 1 saturated heterocycles. The average molecular weight is 1590 g/mol. The molecule has 44 heteroatoms. The Morgan fingerprint density at radius 2 is 0.804 bits per heavy atom. The summed E-state index contributed by atoms with van der Waals surface area (Å²) in [5, 5.41) is 89.6. The summed E-state index contributed by atoms with van der Waals surface area (Å²) in [5.41, 5.74) is 0.382. The Balaban J connectivity index is 2.11. The molecule has 22 N–H and O–H groups in total. The van der Waals surface area contributed by atoms with E-state index in [9.17, 15) is 107 Å². The summed E-state index contributed by atoms with van der Waals surface area (Å²) in [7, 11) is 0. The molecule has 1 aromatic carbocycles. The van der Waals surface area contributed by atoms with Gasteiger partial charge in [0.25, 0.3) is 0 Å². The number of carboxylic acid groups (broad SMARTS) is 2. The van der Waals surface area contributed by atoms with E-state index >= 15 is 0 Å². The Labute approximate surface area is 637 Å². The molecule has 0 radical (unpaired) electrons. The van der Waals surface area contributed by atoms with E-state index in [0.717, 1.165) is 13.3 Å². The second kappa shape index (κ2) is 47.4. The number of rotatable bonds is 46. The molecule has 40 nitrogen and oxygen atoms in total. The summed E-state index contributed by atoms with van der Waals surface area (Å²) in [6.07, 6.45) is -3.09. The highest BCUT2D eigenvalue weighted by Gasteiger charge is 2.37. The first-order valence-electron chi connectivity index (χ1n) is 33.7. The quantitative estimate of drug-likeness (QED) is 0.0270. The number of carbonyl (C=O) groups excluding carboxylic acids is 16. The summed E-state index contributed by atoms with van der Waals surface area (Å²) < 4.78 is 0. The summed E-state index contributed by atoms with van der Waals surface area (Å²) in [5.74, 6) is -20.3. The molecule has 0 bridgehead atoms. The predicted octanol–water partition coefficient (Wildman–Crippen LogP) is -9.11. The number of phenolic OH excluding ortho intramolecular Hbond substituents is 1. The van der Waals surface area contributed by atoms with Crippen molar-refractivity contribution in [3.05, 3.63) is 29.8 Å². The first-order valence-corrected chi connectivity index (χ1v) is 36.3. The number of nitrogens with one attached hydrogen (secondary N) is 17. The number of thiol groups is 4. The molecular formula is C63H99N17O23S4. The number of carbonyl (C=O) groups is 18. The van der Waals surface area contributed by atoms with Gasteiger partial charge >= 0.3 is 11.9 Å². The van der Waals surface area contributed by atoms with Crippen molar-refractivity contribution in [2.45, 2.75) is 191 Å². The Morgan fingerprint density at radius 3 is 1.28 bits per heavy atom. The van der Waals surface area contributed by atoms with Crippen molar-refractivity contribution in [3.63, 3.8) is 0 Å². The molecule has 1 heterocycles. The number of amides is 16. The van der Waals surface area contributed by atoms with Gasteiger partial charge in [-0.25, -0.2) is 4.79 Å². The lowest BCUT2D eigenvalue weighted by molar-refractivity contribution is -0.141. The van der Waals surface area contributed by atoms with Crippen molar-refractivity contribution in [1.29, 1.82) is 0 Å². The summed E-state index contributed by atoms with van der Waals surface area (Å²) in [6.45, 7) is 8.86. The van der Waals surface area contributed by atoms with Gasteiger partial charge in [0.2, 0.25) is 94.5 Å². The van der Waals surface area contributed by atoms with Gasteiger partial charge in [0.15, 0.2) is 0 Å². The minimum atomic E-state index is -1.72. The molecule has 0 aliphatic carbocycles. The molecule has 1 fully saturated rings. The van der Waals surface area contributed by atoms with E-state index in [0.29, 0.717) is 18.5 Å². The van der Waals surface area contributed by atoms with Gasteiger partial charge < -0.3 is 116 Å². The van der Waals surface area contributed by atoms with Gasteiger partial charge in [-0.1, -0.05) is 32.4 Å². The number of carboxylic acids is 2. The summed E-state index contributed by atoms with van der Waals surface area (Å²) in [4.78, 5) is 235. The number of phenols is 1. The highest BCUT2D eigenvalue weighted by molar-refractivity contribution is 7.80. The maximum Gasteiger partial charge on any atom is 0.327 e. The van der Waals surface area contributed by atoms with Crippen LogP contribution in [0.25, 0.3) is 0 Å². The number of hydrogen-bond donors (Lipinski definition) is 26. The van der Waals surface area contributed by atoms with Crippen LogP contribution in [-0.4, -0.2) is 278 Å². The molecule has 2 rings (SSSR count). The molecule has 0 spiro atoms. The van der Waals surface area contributed by atoms with Crippen LogP contribution in [-0.2, 0) is 92.7 Å². The Morgan fingerprint density at radius 1 is 0.430 bits per heavy atom. The Kier molecular flexibility index (Phi) is 41.6. The molecule has 0 unspecified atom stereocenters. The van der Waals surface area contributed by atoms with E-state index in [1.54, 1.807) is 13.8 Å². The minimum absolute atomic E-state index is 0.148. The van der Waals surface area contributed by atoms with Crippen molar-refractivity contribution < 1.29 is 112 Å². The second-order valence-electron chi connectivity index (χ2n) is 25.0. The van der Waals surface area contributed by atoms with E-state index in [1.165, 1.54) is 58.9 Å². The van der Waals surface area contributed by atoms with Crippen LogP contribution in [0.5, 0.6) is 5.75 Å². The van der Waals surface area contributed by atoms with Crippen molar-refractivity contribution in [3.8, 4) is 5.75 Å². The monoisotopic (exact) mass is 1590 g/mol. The lowest BCUT2D eigenvalue weighted by atomic mass is 9.97. The number of aromatic hydroxyl groups is 1. The Hall–Kier alpha value is -9.24.